The maximum absolute atomic E-state index is 12.0. The van der Waals surface area contributed by atoms with E-state index in [1.54, 1.807) is 4.90 Å². The third-order valence-electron chi connectivity index (χ3n) is 3.24. The molecular formula is C12H18N2O3. The normalized spacial score (nSPS) is 29.7. The smallest absolute Gasteiger partial charge is 0.225 e. The van der Waals surface area contributed by atoms with Crippen LogP contribution in [0.4, 0.5) is 0 Å². The number of carbonyl (C=O) groups is 1. The van der Waals surface area contributed by atoms with Crippen LogP contribution < -0.4 is 0 Å². The van der Waals surface area contributed by atoms with E-state index < -0.39 is 6.10 Å². The van der Waals surface area contributed by atoms with Gasteiger partial charge in [-0.2, -0.15) is 5.26 Å². The third-order valence-corrected chi connectivity index (χ3v) is 3.24. The van der Waals surface area contributed by atoms with Crippen LogP contribution in [0.25, 0.3) is 0 Å². The Bertz CT molecular complexity index is 307. The number of carbonyl (C=O) groups excluding carboxylic acids is 1. The second-order valence-corrected chi connectivity index (χ2v) is 4.52. The molecule has 2 fully saturated rings. The first-order chi connectivity index (χ1) is 8.29. The van der Waals surface area contributed by atoms with Gasteiger partial charge in [-0.05, 0) is 19.3 Å². The van der Waals surface area contributed by atoms with Gasteiger partial charge in [0.15, 0.2) is 6.10 Å². The van der Waals surface area contributed by atoms with Crippen LogP contribution in [0.3, 0.4) is 0 Å². The molecule has 1 amide bonds. The Morgan fingerprint density at radius 1 is 1.35 bits per heavy atom. The van der Waals surface area contributed by atoms with E-state index in [0.717, 1.165) is 25.9 Å². The summed E-state index contributed by atoms with van der Waals surface area (Å²) in [6, 6.07) is 2.05. The van der Waals surface area contributed by atoms with E-state index in [2.05, 4.69) is 0 Å². The van der Waals surface area contributed by atoms with Crippen LogP contribution in [0.5, 0.6) is 0 Å². The zero-order valence-electron chi connectivity index (χ0n) is 9.93. The highest BCUT2D eigenvalue weighted by Gasteiger charge is 2.26. The van der Waals surface area contributed by atoms with E-state index in [1.807, 2.05) is 6.07 Å². The van der Waals surface area contributed by atoms with Gasteiger partial charge in [0.1, 0.15) is 0 Å². The van der Waals surface area contributed by atoms with Crippen LogP contribution in [-0.4, -0.2) is 49.3 Å². The molecule has 0 spiro atoms. The van der Waals surface area contributed by atoms with Crippen LogP contribution in [0.15, 0.2) is 0 Å². The van der Waals surface area contributed by atoms with Gasteiger partial charge in [0.25, 0.3) is 0 Å². The average Bonchev–Trinajstić information content (AvgIpc) is 2.40. The van der Waals surface area contributed by atoms with Crippen molar-refractivity contribution in [2.45, 2.75) is 37.9 Å². The molecule has 2 heterocycles. The summed E-state index contributed by atoms with van der Waals surface area (Å²) < 4.78 is 10.8. The van der Waals surface area contributed by atoms with E-state index >= 15 is 0 Å². The van der Waals surface area contributed by atoms with Crippen LogP contribution >= 0.6 is 0 Å². The number of nitriles is 1. The largest absolute Gasteiger partial charge is 0.378 e. The first kappa shape index (κ1) is 12.3. The summed E-state index contributed by atoms with van der Waals surface area (Å²) in [5, 5.41) is 8.77. The van der Waals surface area contributed by atoms with Crippen LogP contribution in [0, 0.1) is 11.3 Å². The summed E-state index contributed by atoms with van der Waals surface area (Å²) in [5.74, 6) is 0.0838. The van der Waals surface area contributed by atoms with Gasteiger partial charge in [-0.1, -0.05) is 0 Å². The number of nitrogens with zero attached hydrogens (tertiary/aromatic N) is 2. The number of amides is 1. The van der Waals surface area contributed by atoms with Crippen LogP contribution in [-0.2, 0) is 14.3 Å². The topological polar surface area (TPSA) is 62.6 Å². The molecule has 2 rings (SSSR count). The molecule has 0 aromatic rings. The van der Waals surface area contributed by atoms with Gasteiger partial charge in [-0.25, -0.2) is 0 Å². The molecule has 0 radical (unpaired) electrons. The fourth-order valence-electron chi connectivity index (χ4n) is 2.25. The van der Waals surface area contributed by atoms with Crippen molar-refractivity contribution >= 4 is 5.91 Å². The molecule has 2 aliphatic heterocycles. The summed E-state index contributed by atoms with van der Waals surface area (Å²) in [7, 11) is 0. The molecule has 0 bridgehead atoms. The van der Waals surface area contributed by atoms with Gasteiger partial charge in [0, 0.05) is 13.2 Å². The lowest BCUT2D eigenvalue weighted by molar-refractivity contribution is -0.140. The van der Waals surface area contributed by atoms with Gasteiger partial charge >= 0.3 is 0 Å². The zero-order chi connectivity index (χ0) is 12.1. The molecule has 0 saturated carbocycles. The fourth-order valence-corrected chi connectivity index (χ4v) is 2.25. The Hall–Kier alpha value is -1.12. The first-order valence-corrected chi connectivity index (χ1v) is 6.20. The molecule has 2 aliphatic rings. The Balaban J connectivity index is 1.80. The van der Waals surface area contributed by atoms with Crippen LogP contribution in [0.2, 0.25) is 0 Å². The lowest BCUT2D eigenvalue weighted by Gasteiger charge is -2.31. The van der Waals surface area contributed by atoms with Crippen molar-refractivity contribution in [2.75, 3.05) is 26.3 Å². The number of hydrogen-bond acceptors (Lipinski definition) is 4. The molecule has 17 heavy (non-hydrogen) atoms. The SMILES string of the molecule is N#CC1CN(C(=O)CC2CCCCO2)CCO1. The summed E-state index contributed by atoms with van der Waals surface area (Å²) in [5.41, 5.74) is 0. The van der Waals surface area contributed by atoms with Crippen molar-refractivity contribution in [3.63, 3.8) is 0 Å². The molecule has 5 nitrogen and oxygen atoms in total. The van der Waals surface area contributed by atoms with Crippen molar-refractivity contribution in [1.29, 1.82) is 5.26 Å². The molecule has 0 aromatic heterocycles. The molecule has 0 aliphatic carbocycles. The second kappa shape index (κ2) is 5.99. The van der Waals surface area contributed by atoms with Crippen molar-refractivity contribution in [3.05, 3.63) is 0 Å². The fraction of sp³-hybridized carbons (Fsp3) is 0.833. The van der Waals surface area contributed by atoms with Crippen molar-refractivity contribution in [3.8, 4) is 6.07 Å². The minimum atomic E-state index is -0.472. The van der Waals surface area contributed by atoms with Gasteiger partial charge < -0.3 is 14.4 Å². The maximum atomic E-state index is 12.0. The number of morpholine rings is 1. The maximum Gasteiger partial charge on any atom is 0.225 e. The van der Waals surface area contributed by atoms with Gasteiger partial charge in [0.2, 0.25) is 5.91 Å². The Morgan fingerprint density at radius 3 is 2.94 bits per heavy atom. The lowest BCUT2D eigenvalue weighted by atomic mass is 10.1. The predicted octanol–water partition coefficient (Wildman–Crippen LogP) is 0.697. The minimum absolute atomic E-state index is 0.0691. The molecule has 94 valence electrons. The average molecular weight is 238 g/mol. The summed E-state index contributed by atoms with van der Waals surface area (Å²) in [4.78, 5) is 13.7. The number of ether oxygens (including phenoxy) is 2. The molecule has 2 unspecified atom stereocenters. The summed E-state index contributed by atoms with van der Waals surface area (Å²) >= 11 is 0. The third kappa shape index (κ3) is 3.42. The highest BCUT2D eigenvalue weighted by molar-refractivity contribution is 5.76. The van der Waals surface area contributed by atoms with E-state index in [0.29, 0.717) is 26.1 Å². The van der Waals surface area contributed by atoms with Crippen molar-refractivity contribution < 1.29 is 14.3 Å². The van der Waals surface area contributed by atoms with Crippen molar-refractivity contribution in [2.24, 2.45) is 0 Å². The monoisotopic (exact) mass is 238 g/mol. The van der Waals surface area contributed by atoms with Crippen LogP contribution in [0.1, 0.15) is 25.7 Å². The first-order valence-electron chi connectivity index (χ1n) is 6.20. The second-order valence-electron chi connectivity index (χ2n) is 4.52. The standard InChI is InChI=1S/C12H18N2O3/c13-8-11-9-14(4-6-17-11)12(15)7-10-3-1-2-5-16-10/h10-11H,1-7,9H2. The number of rotatable bonds is 2. The van der Waals surface area contributed by atoms with E-state index in [-0.39, 0.29) is 12.0 Å². The van der Waals surface area contributed by atoms with E-state index in [4.69, 9.17) is 14.7 Å². The molecule has 0 N–H and O–H groups in total. The molecule has 5 heteroatoms. The highest BCUT2D eigenvalue weighted by Crippen LogP contribution is 2.17. The predicted molar refractivity (Wildman–Crippen MR) is 60.1 cm³/mol. The molecule has 0 aromatic carbocycles. The quantitative estimate of drug-likeness (QED) is 0.710. The highest BCUT2D eigenvalue weighted by atomic mass is 16.5. The van der Waals surface area contributed by atoms with Crippen molar-refractivity contribution in [1.82, 2.24) is 4.90 Å². The Kier molecular flexibility index (Phi) is 4.35. The van der Waals surface area contributed by atoms with Gasteiger partial charge in [0.05, 0.1) is 31.7 Å². The molecule has 2 atom stereocenters. The summed E-state index contributed by atoms with van der Waals surface area (Å²) in [6.45, 7) is 2.20. The number of hydrogen-bond donors (Lipinski definition) is 0. The molecule has 2 saturated heterocycles. The lowest BCUT2D eigenvalue weighted by Crippen LogP contribution is -2.46. The Morgan fingerprint density at radius 2 is 2.24 bits per heavy atom. The Labute approximate surface area is 101 Å². The van der Waals surface area contributed by atoms with Gasteiger partial charge in [-0.3, -0.25) is 4.79 Å². The van der Waals surface area contributed by atoms with E-state index in [1.165, 1.54) is 0 Å². The zero-order valence-corrected chi connectivity index (χ0v) is 9.93. The summed E-state index contributed by atoms with van der Waals surface area (Å²) in [6.07, 6.45) is 3.25. The van der Waals surface area contributed by atoms with Gasteiger partial charge in [-0.15, -0.1) is 0 Å². The minimum Gasteiger partial charge on any atom is -0.378 e. The molecular weight excluding hydrogens is 220 g/mol. The van der Waals surface area contributed by atoms with E-state index in [9.17, 15) is 4.79 Å².